The molecule has 0 aliphatic heterocycles. The summed E-state index contributed by atoms with van der Waals surface area (Å²) in [6.07, 6.45) is 5.57. The molecule has 0 aromatic heterocycles. The Morgan fingerprint density at radius 1 is 0.389 bits per heavy atom. The van der Waals surface area contributed by atoms with E-state index in [1.165, 1.54) is 33.4 Å². The van der Waals surface area contributed by atoms with Gasteiger partial charge in [-0.2, -0.15) is 0 Å². The van der Waals surface area contributed by atoms with Crippen LogP contribution in [0.4, 0.5) is 0 Å². The molecule has 2 atom stereocenters. The minimum Gasteiger partial charge on any atom is -0.344 e. The van der Waals surface area contributed by atoms with E-state index in [1.54, 1.807) is 0 Å². The van der Waals surface area contributed by atoms with Crippen molar-refractivity contribution < 1.29 is 25.3 Å². The van der Waals surface area contributed by atoms with Gasteiger partial charge in [-0.1, -0.05) is 172 Å². The molecule has 7 aromatic carbocycles. The second-order valence-electron chi connectivity index (χ2n) is 30.1. The number of benzene rings is 7. The molecule has 7 aromatic rings. The van der Waals surface area contributed by atoms with Crippen LogP contribution in [-0.2, 0) is 90.3 Å². The number of nitrogens with one attached hydrogen (secondary N) is 1. The average Bonchev–Trinajstić information content (AvgIpc) is 1.65. The Labute approximate surface area is 588 Å². The van der Waals surface area contributed by atoms with Crippen molar-refractivity contribution in [1.82, 2.24) is 10.5 Å². The van der Waals surface area contributed by atoms with E-state index < -0.39 is 74.2 Å². The molecular weight excluding hydrogens is 1390 g/mol. The summed E-state index contributed by atoms with van der Waals surface area (Å²) < 4.78 is 85.9. The maximum atomic E-state index is 13.0. The summed E-state index contributed by atoms with van der Waals surface area (Å²) in [7, 11) is -11.5. The van der Waals surface area contributed by atoms with Crippen molar-refractivity contribution >= 4 is 118 Å². The largest absolute Gasteiger partial charge is 0.344 e. The third-order valence-corrected chi connectivity index (χ3v) is 53.6. The van der Waals surface area contributed by atoms with E-state index in [0.717, 1.165) is 52.7 Å². The second kappa shape index (κ2) is 30.5. The first-order valence-corrected chi connectivity index (χ1v) is 52.4. The molecule has 0 bridgehead atoms. The minimum absolute atomic E-state index is 0. The summed E-state index contributed by atoms with van der Waals surface area (Å²) in [4.78, 5) is 0. The van der Waals surface area contributed by atoms with Gasteiger partial charge >= 0.3 is 135 Å². The first kappa shape index (κ1) is 80.1. The molecule has 23 heteroatoms. The smallest absolute Gasteiger partial charge is 0.212 e. The topological polar surface area (TPSA) is 226 Å². The van der Waals surface area contributed by atoms with Gasteiger partial charge in [0.1, 0.15) is 17.2 Å². The number of fused-ring (bicyclic) bond motifs is 4. The molecule has 11 rings (SSSR count). The number of nitrogens with zero attached hydrogens (tertiary/aromatic N) is 2. The van der Waals surface area contributed by atoms with Gasteiger partial charge in [0, 0.05) is 0 Å². The van der Waals surface area contributed by atoms with Gasteiger partial charge in [0.25, 0.3) is 0 Å². The summed E-state index contributed by atoms with van der Waals surface area (Å²) in [5, 5.41) is 10.1. The van der Waals surface area contributed by atoms with E-state index in [1.807, 2.05) is 164 Å². The molecule has 0 fully saturated rings. The van der Waals surface area contributed by atoms with Gasteiger partial charge < -0.3 is 6.15 Å². The Morgan fingerprint density at radius 3 is 0.895 bits per heavy atom. The van der Waals surface area contributed by atoms with Crippen LogP contribution in [0.25, 0.3) is 0 Å². The molecule has 8 N–H and O–H groups in total. The van der Waals surface area contributed by atoms with E-state index in [4.69, 9.17) is 51.5 Å². The molecule has 0 saturated heterocycles. The zero-order chi connectivity index (χ0) is 69.8. The fourth-order valence-electron chi connectivity index (χ4n) is 11.2. The molecule has 0 radical (unpaired) electrons. The molecule has 0 saturated carbocycles. The van der Waals surface area contributed by atoms with E-state index >= 15 is 0 Å². The quantitative estimate of drug-likeness (QED) is 0.0556. The molecule has 0 amide bonds. The maximum Gasteiger partial charge on any atom is 0.212 e. The van der Waals surface area contributed by atoms with Gasteiger partial charge in [0.05, 0.1) is 30.9 Å². The van der Waals surface area contributed by atoms with Gasteiger partial charge in [-0.3, -0.25) is 8.06 Å². The molecule has 4 aliphatic carbocycles. The number of rotatable bonds is 11. The van der Waals surface area contributed by atoms with Crippen LogP contribution >= 0.6 is 38.5 Å². The van der Waals surface area contributed by atoms with Crippen LogP contribution in [-0.4, -0.2) is 71.0 Å². The minimum atomic E-state index is -3.43. The van der Waals surface area contributed by atoms with Crippen molar-refractivity contribution in [2.24, 2.45) is 18.3 Å². The fraction of sp³-hybridized carbons (Fsp3) is 0.417. The molecule has 520 valence electrons. The van der Waals surface area contributed by atoms with Gasteiger partial charge in [-0.15, -0.1) is 0 Å². The summed E-state index contributed by atoms with van der Waals surface area (Å²) in [5.74, 6) is 0. The number of nitrogens with two attached hydrogens (primary N) is 2. The van der Waals surface area contributed by atoms with Crippen molar-refractivity contribution in [3.05, 3.63) is 233 Å². The van der Waals surface area contributed by atoms with E-state index in [9.17, 15) is 25.3 Å². The monoisotopic (exact) mass is 1500 g/mol. The van der Waals surface area contributed by atoms with Gasteiger partial charge in [0.15, 0.2) is 16.5 Å². The third kappa shape index (κ3) is 19.6. The zero-order valence-corrected chi connectivity index (χ0v) is 67.7. The summed E-state index contributed by atoms with van der Waals surface area (Å²) >= 11 is 14.5. The second-order valence-corrected chi connectivity index (χ2v) is 62.8. The Bertz CT molecular complexity index is 3970. The van der Waals surface area contributed by atoms with E-state index in [-0.39, 0.29) is 37.0 Å². The molecule has 0 heterocycles. The third-order valence-electron chi connectivity index (χ3n) is 20.1. The van der Waals surface area contributed by atoms with Crippen LogP contribution in [0.15, 0.2) is 196 Å². The Balaban J connectivity index is 0.000000189. The number of halogens is 3. The van der Waals surface area contributed by atoms with Crippen molar-refractivity contribution in [3.63, 3.8) is 0 Å². The Hall–Kier alpha value is -3.87. The van der Waals surface area contributed by atoms with Gasteiger partial charge in [-0.05, 0) is 148 Å². The number of sulfonamides is 2. The van der Waals surface area contributed by atoms with Crippen LogP contribution in [0.3, 0.4) is 0 Å². The average molecular weight is 1500 g/mol. The molecule has 4 aliphatic rings. The molecule has 2 unspecified atom stereocenters. The summed E-state index contributed by atoms with van der Waals surface area (Å²) in [5.41, 5.74) is 9.69. The SMILES string of the molecule is CC(C)(C)[Si](C)(C)N=S(=O)(Cl)C1Cc2ccccc2C1.CC(C)(C)[Si](C)(C)N=S(N)(=O)C1Cc2ccccc2C1.CC(C)(C)[Si](C)(C)NS(=O)(=O)C1Cc2ccccc2C1.ClP(Cl)(c1ccccc1)(c1ccccc1)c1ccccc1.N.NS(=O)(=O)C1Cc2ccccc2C1. The molecule has 0 spiro atoms. The molecule has 12 nitrogen and oxygen atoms in total. The van der Waals surface area contributed by atoms with Crippen LogP contribution in [0, 0.1) is 0 Å². The number of hydrogen-bond donors (Lipinski definition) is 4. The first-order valence-electron chi connectivity index (χ1n) is 32.2. The summed E-state index contributed by atoms with van der Waals surface area (Å²) in [6, 6.07) is 62.2. The standard InChI is InChI=1S/C18H15Cl2P.C15H24ClNOSSi.C15H26N2OSSi.C15H25NO2SSi.C9H11NO2S.H3N/c19-21(20,16-10-4-1-5-11-16,17-12-6-2-7-13-17)18-14-8-3-9-15-18;2*1-15(2,3)20(4,5)17-19(16,18)14-10-12-8-6-7-9-13(12)11-14;1-15(2,3)20(4,5)16-19(17,18)14-10-12-8-6-7-9-13(12)11-14;10-13(11,12)9-5-7-3-1-2-4-8(7)6-9;/h1-15H;6-9,14H,10-11H2,1-5H3;6-9,14H,10-11H2,1-5H3,(H2,16,17,18);6-9,14,16H,10-11H2,1-5H3;1-4,9H,5-6H2,(H2,10,11,12);1H3. The molecular formula is C72H104Cl3N6O6PS4Si3. The van der Waals surface area contributed by atoms with Crippen molar-refractivity contribution in [2.45, 2.75) is 189 Å². The van der Waals surface area contributed by atoms with Crippen LogP contribution in [0.1, 0.15) is 107 Å². The van der Waals surface area contributed by atoms with Crippen LogP contribution in [0.2, 0.25) is 54.4 Å². The van der Waals surface area contributed by atoms with Crippen LogP contribution in [0.5, 0.6) is 0 Å². The summed E-state index contributed by atoms with van der Waals surface area (Å²) in [6.45, 7) is 32.1. The zero-order valence-electron chi connectivity index (χ0n) is 58.3. The predicted octanol–water partition coefficient (Wildman–Crippen LogP) is 16.8. The van der Waals surface area contributed by atoms with E-state index in [0.29, 0.717) is 25.7 Å². The number of hydrogen-bond acceptors (Lipinski definition) is 9. The number of primary sulfonamides is 1. The maximum absolute atomic E-state index is 13.0. The van der Waals surface area contributed by atoms with Gasteiger partial charge in [0.2, 0.25) is 20.0 Å². The first-order chi connectivity index (χ1) is 43.3. The van der Waals surface area contributed by atoms with Crippen molar-refractivity contribution in [1.29, 1.82) is 0 Å². The van der Waals surface area contributed by atoms with Crippen molar-refractivity contribution in [3.8, 4) is 0 Å². The Kier molecular flexibility index (Phi) is 25.7. The van der Waals surface area contributed by atoms with Gasteiger partial charge in [-0.25, -0.2) is 39.9 Å². The fourth-order valence-corrected chi connectivity index (χ4v) is 34.8. The predicted molar refractivity (Wildman–Crippen MR) is 420 cm³/mol. The molecule has 95 heavy (non-hydrogen) atoms. The van der Waals surface area contributed by atoms with Crippen molar-refractivity contribution in [2.75, 3.05) is 0 Å². The van der Waals surface area contributed by atoms with Crippen LogP contribution < -0.4 is 36.7 Å². The normalized spacial score (nSPS) is 17.2. The van der Waals surface area contributed by atoms with E-state index in [2.05, 4.69) is 130 Å². The Morgan fingerprint density at radius 2 is 0.632 bits per heavy atom.